The van der Waals surface area contributed by atoms with Crippen LogP contribution in [0.5, 0.6) is 0 Å². The lowest BCUT2D eigenvalue weighted by atomic mass is 9.37. The first kappa shape index (κ1) is 39.1. The van der Waals surface area contributed by atoms with Crippen LogP contribution in [0.25, 0.3) is 0 Å². The van der Waals surface area contributed by atoms with Gasteiger partial charge in [-0.1, -0.05) is 52.7 Å². The molecule has 5 aliphatic rings. The van der Waals surface area contributed by atoms with Gasteiger partial charge in [0.15, 0.2) is 0 Å². The molecule has 0 saturated heterocycles. The highest BCUT2D eigenvalue weighted by Crippen LogP contribution is 2.70. The van der Waals surface area contributed by atoms with E-state index in [0.29, 0.717) is 89.5 Å². The van der Waals surface area contributed by atoms with Crippen molar-refractivity contribution in [2.24, 2.45) is 44.8 Å². The Morgan fingerprint density at radius 2 is 1.38 bits per heavy atom. The number of hydrogen-bond donors (Lipinski definition) is 2. The summed E-state index contributed by atoms with van der Waals surface area (Å²) in [6.45, 7) is 16.9. The molecular weight excluding hydrogens is 638 g/mol. The second-order valence-corrected chi connectivity index (χ2v) is 17.6. The number of carboxylic acid groups (broad SMARTS) is 1. The predicted octanol–water partition coefficient (Wildman–Crippen LogP) is 5.95. The molecule has 0 spiro atoms. The van der Waals surface area contributed by atoms with Crippen LogP contribution >= 0.6 is 0 Å². The maximum atomic E-state index is 14.4. The summed E-state index contributed by atoms with van der Waals surface area (Å²) in [6, 6.07) is 0. The van der Waals surface area contributed by atoms with Crippen molar-refractivity contribution in [3.05, 3.63) is 11.1 Å². The minimum atomic E-state index is -0.880. The lowest BCUT2D eigenvalue weighted by Gasteiger charge is -2.66. The maximum absolute atomic E-state index is 14.4. The normalized spacial score (nSPS) is 36.2. The van der Waals surface area contributed by atoms with Crippen LogP contribution in [0, 0.1) is 44.8 Å². The summed E-state index contributed by atoms with van der Waals surface area (Å²) < 4.78 is 21.8. The van der Waals surface area contributed by atoms with Gasteiger partial charge in [0, 0.05) is 30.7 Å². The minimum absolute atomic E-state index is 0.0139. The van der Waals surface area contributed by atoms with Crippen LogP contribution in [0.4, 0.5) is 0 Å². The van der Waals surface area contributed by atoms with Gasteiger partial charge in [0.05, 0.1) is 64.7 Å². The van der Waals surface area contributed by atoms with Gasteiger partial charge in [-0.05, 0) is 79.4 Å². The average molecular weight is 702 g/mol. The first-order chi connectivity index (χ1) is 23.6. The van der Waals surface area contributed by atoms with E-state index in [4.69, 9.17) is 24.1 Å². The monoisotopic (exact) mass is 701 g/mol. The molecule has 0 heterocycles. The van der Waals surface area contributed by atoms with Gasteiger partial charge in [-0.15, -0.1) is 0 Å². The van der Waals surface area contributed by atoms with Crippen LogP contribution in [0.3, 0.4) is 0 Å². The molecule has 50 heavy (non-hydrogen) atoms. The molecule has 0 bridgehead atoms. The Morgan fingerprint density at radius 1 is 0.760 bits per heavy atom. The summed E-state index contributed by atoms with van der Waals surface area (Å²) in [7, 11) is 0. The topological polar surface area (TPSA) is 137 Å². The molecule has 0 aromatic carbocycles. The van der Waals surface area contributed by atoms with E-state index in [9.17, 15) is 19.2 Å². The van der Waals surface area contributed by atoms with E-state index < -0.39 is 11.4 Å². The first-order valence-corrected chi connectivity index (χ1v) is 19.2. The molecule has 10 heteroatoms. The number of carbonyl (C=O) groups excluding carboxylic acids is 3. The van der Waals surface area contributed by atoms with E-state index in [1.54, 1.807) is 0 Å². The van der Waals surface area contributed by atoms with Crippen LogP contribution < -0.4 is 5.32 Å². The molecule has 4 fully saturated rings. The Balaban J connectivity index is 1.11. The molecule has 5 rings (SSSR count). The van der Waals surface area contributed by atoms with Crippen molar-refractivity contribution in [1.29, 1.82) is 0 Å². The fraction of sp³-hybridized carbons (Fsp3) is 0.850. The Kier molecular flexibility index (Phi) is 12.1. The highest BCUT2D eigenvalue weighted by Gasteiger charge is 2.66. The highest BCUT2D eigenvalue weighted by molar-refractivity contribution is 5.90. The number of amides is 1. The Bertz CT molecular complexity index is 1330. The van der Waals surface area contributed by atoms with Crippen LogP contribution in [-0.4, -0.2) is 87.9 Å². The standard InChI is InChI=1S/C40H63NO9/c1-36(2)31-8-12-39(5)28-7-11-37(3)14-15-38(4,26-29(37)27(28)25-30(42)34(39)40(31,6)13-9-32(36)43)35(46)41-16-18-48-20-22-50-24-23-49-21-19-47-17-10-33(44)45/h28,31,34H,7-26H2,1-6H3,(H,41,46)(H,44,45)/t28?,31-,34-,37-,38-,39-,40-/m0/s1. The average Bonchev–Trinajstić information content (AvgIpc) is 3.04. The Hall–Kier alpha value is -2.14. The molecule has 4 saturated carbocycles. The predicted molar refractivity (Wildman–Crippen MR) is 188 cm³/mol. The van der Waals surface area contributed by atoms with E-state index in [1.807, 2.05) is 0 Å². The molecule has 282 valence electrons. The zero-order valence-electron chi connectivity index (χ0n) is 31.6. The summed E-state index contributed by atoms with van der Waals surface area (Å²) >= 11 is 0. The fourth-order valence-electron chi connectivity index (χ4n) is 11.2. The number of hydrogen-bond acceptors (Lipinski definition) is 8. The summed E-state index contributed by atoms with van der Waals surface area (Å²) in [5.74, 6) is 0.510. The van der Waals surface area contributed by atoms with E-state index in [1.165, 1.54) is 11.1 Å². The van der Waals surface area contributed by atoms with E-state index >= 15 is 0 Å². The molecule has 5 aliphatic carbocycles. The van der Waals surface area contributed by atoms with Gasteiger partial charge in [0.2, 0.25) is 5.91 Å². The van der Waals surface area contributed by atoms with E-state index in [-0.39, 0.29) is 52.4 Å². The number of Topliss-reactive ketones (excluding diaryl/α,β-unsaturated/α-hetero) is 2. The molecule has 0 aliphatic heterocycles. The lowest BCUT2D eigenvalue weighted by Crippen LogP contribution is -2.63. The SMILES string of the molecule is CC1(C)C(=O)CC[C@]2(C)[C@H]3C(=O)CC4=C5C[C@@](C)(C(=O)NCCOCCOCCOCCOCCC(=O)O)CC[C@]5(C)CCC4[C@]3(C)CC[C@@H]12. The molecule has 1 amide bonds. The zero-order chi connectivity index (χ0) is 36.4. The summed E-state index contributed by atoms with van der Waals surface area (Å²) in [5.41, 5.74) is 1.63. The van der Waals surface area contributed by atoms with E-state index in [0.717, 1.165) is 44.9 Å². The molecule has 0 aromatic rings. The van der Waals surface area contributed by atoms with Crippen molar-refractivity contribution >= 4 is 23.4 Å². The molecular formula is C40H63NO9. The number of fused-ring (bicyclic) bond motifs is 6. The number of rotatable bonds is 16. The molecule has 0 aromatic heterocycles. The Labute approximate surface area is 299 Å². The summed E-state index contributed by atoms with van der Waals surface area (Å²) in [6.07, 6.45) is 8.61. The summed E-state index contributed by atoms with van der Waals surface area (Å²) in [5, 5.41) is 11.7. The molecule has 7 atom stereocenters. The van der Waals surface area contributed by atoms with Crippen LogP contribution in [-0.2, 0) is 38.1 Å². The number of aliphatic carboxylic acids is 1. The van der Waals surface area contributed by atoms with Crippen molar-refractivity contribution in [3.63, 3.8) is 0 Å². The van der Waals surface area contributed by atoms with Crippen molar-refractivity contribution < 1.29 is 43.2 Å². The molecule has 2 N–H and O–H groups in total. The van der Waals surface area contributed by atoms with Crippen LogP contribution in [0.15, 0.2) is 11.1 Å². The smallest absolute Gasteiger partial charge is 0.305 e. The number of allylic oxidation sites excluding steroid dienone is 2. The zero-order valence-corrected chi connectivity index (χ0v) is 31.6. The van der Waals surface area contributed by atoms with E-state index in [2.05, 4.69) is 46.9 Å². The number of carbonyl (C=O) groups is 4. The third-order valence-corrected chi connectivity index (χ3v) is 14.0. The summed E-state index contributed by atoms with van der Waals surface area (Å²) in [4.78, 5) is 51.6. The van der Waals surface area contributed by atoms with Gasteiger partial charge in [-0.3, -0.25) is 19.2 Å². The molecule has 0 radical (unpaired) electrons. The van der Waals surface area contributed by atoms with Crippen molar-refractivity contribution in [3.8, 4) is 0 Å². The van der Waals surface area contributed by atoms with Crippen molar-refractivity contribution in [2.45, 2.75) is 112 Å². The fourth-order valence-corrected chi connectivity index (χ4v) is 11.2. The quantitative estimate of drug-likeness (QED) is 0.148. The maximum Gasteiger partial charge on any atom is 0.305 e. The first-order valence-electron chi connectivity index (χ1n) is 19.2. The third-order valence-electron chi connectivity index (χ3n) is 14.0. The van der Waals surface area contributed by atoms with Crippen molar-refractivity contribution in [1.82, 2.24) is 5.32 Å². The number of nitrogens with one attached hydrogen (secondary N) is 1. The third kappa shape index (κ3) is 7.65. The second kappa shape index (κ2) is 15.5. The van der Waals surface area contributed by atoms with Crippen molar-refractivity contribution in [2.75, 3.05) is 59.4 Å². The number of ether oxygens (including phenoxy) is 4. The highest BCUT2D eigenvalue weighted by atomic mass is 16.6. The number of carboxylic acids is 1. The lowest BCUT2D eigenvalue weighted by molar-refractivity contribution is -0.177. The van der Waals surface area contributed by atoms with Gasteiger partial charge in [0.25, 0.3) is 0 Å². The molecule has 1 unspecified atom stereocenters. The Morgan fingerprint density at radius 3 is 2.02 bits per heavy atom. The van der Waals surface area contributed by atoms with Crippen LogP contribution in [0.1, 0.15) is 112 Å². The number of ketones is 2. The second-order valence-electron chi connectivity index (χ2n) is 17.6. The van der Waals surface area contributed by atoms with Gasteiger partial charge in [-0.25, -0.2) is 0 Å². The van der Waals surface area contributed by atoms with Gasteiger partial charge in [-0.2, -0.15) is 0 Å². The minimum Gasteiger partial charge on any atom is -0.481 e. The van der Waals surface area contributed by atoms with Gasteiger partial charge in [0.1, 0.15) is 11.6 Å². The van der Waals surface area contributed by atoms with Crippen LogP contribution in [0.2, 0.25) is 0 Å². The van der Waals surface area contributed by atoms with Gasteiger partial charge < -0.3 is 29.4 Å². The largest absolute Gasteiger partial charge is 0.481 e. The molecule has 10 nitrogen and oxygen atoms in total. The van der Waals surface area contributed by atoms with Gasteiger partial charge >= 0.3 is 5.97 Å².